The number of para-hydroxylation sites is 2. The lowest BCUT2D eigenvalue weighted by molar-refractivity contribution is -0.127. The molecular weight excluding hydrogens is 332 g/mol. The van der Waals surface area contributed by atoms with Crippen LogP contribution in [0.25, 0.3) is 0 Å². The number of anilines is 2. The number of ether oxygens (including phenoxy) is 1. The van der Waals surface area contributed by atoms with E-state index in [9.17, 15) is 4.79 Å². The summed E-state index contributed by atoms with van der Waals surface area (Å²) in [4.78, 5) is 12.1. The van der Waals surface area contributed by atoms with Crippen LogP contribution in [0.5, 0.6) is 0 Å². The van der Waals surface area contributed by atoms with E-state index < -0.39 is 6.10 Å². The molecule has 0 saturated carbocycles. The molecule has 0 bridgehead atoms. The van der Waals surface area contributed by atoms with Crippen LogP contribution in [0.4, 0.5) is 11.4 Å². The third kappa shape index (κ3) is 4.31. The van der Waals surface area contributed by atoms with Crippen LogP contribution in [0, 0.1) is 0 Å². The second-order valence-corrected chi connectivity index (χ2v) is 5.48. The zero-order valence-electron chi connectivity index (χ0n) is 11.7. The summed E-state index contributed by atoms with van der Waals surface area (Å²) in [5, 5.41) is 2.76. The SMILES string of the molecule is CC(OCc1ccccc1Br)C(=O)Nc1ccccc1N. The van der Waals surface area contributed by atoms with Gasteiger partial charge in [-0.15, -0.1) is 0 Å². The molecule has 4 nitrogen and oxygen atoms in total. The topological polar surface area (TPSA) is 64.3 Å². The summed E-state index contributed by atoms with van der Waals surface area (Å²) in [6, 6.07) is 14.9. The smallest absolute Gasteiger partial charge is 0.253 e. The lowest BCUT2D eigenvalue weighted by Gasteiger charge is -2.15. The maximum Gasteiger partial charge on any atom is 0.253 e. The van der Waals surface area contributed by atoms with Crippen LogP contribution in [0.2, 0.25) is 0 Å². The van der Waals surface area contributed by atoms with Crippen molar-refractivity contribution >= 4 is 33.2 Å². The van der Waals surface area contributed by atoms with E-state index in [1.807, 2.05) is 36.4 Å². The third-order valence-corrected chi connectivity index (χ3v) is 3.81. The first-order valence-electron chi connectivity index (χ1n) is 6.58. The number of carbonyl (C=O) groups is 1. The quantitative estimate of drug-likeness (QED) is 0.811. The van der Waals surface area contributed by atoms with E-state index in [0.29, 0.717) is 18.0 Å². The molecule has 0 aromatic heterocycles. The van der Waals surface area contributed by atoms with Gasteiger partial charge in [0, 0.05) is 4.47 Å². The Labute approximate surface area is 132 Å². The Balaban J connectivity index is 1.91. The third-order valence-electron chi connectivity index (χ3n) is 3.03. The summed E-state index contributed by atoms with van der Waals surface area (Å²) in [6.45, 7) is 2.07. The molecule has 0 radical (unpaired) electrons. The number of hydrogen-bond acceptors (Lipinski definition) is 3. The predicted molar refractivity (Wildman–Crippen MR) is 87.9 cm³/mol. The van der Waals surface area contributed by atoms with Crippen LogP contribution >= 0.6 is 15.9 Å². The molecule has 3 N–H and O–H groups in total. The Morgan fingerprint density at radius 3 is 2.62 bits per heavy atom. The average molecular weight is 349 g/mol. The molecule has 1 atom stereocenters. The van der Waals surface area contributed by atoms with E-state index in [-0.39, 0.29) is 5.91 Å². The van der Waals surface area contributed by atoms with Crippen molar-refractivity contribution in [1.82, 2.24) is 0 Å². The molecule has 21 heavy (non-hydrogen) atoms. The van der Waals surface area contributed by atoms with Crippen LogP contribution in [-0.4, -0.2) is 12.0 Å². The van der Waals surface area contributed by atoms with Crippen molar-refractivity contribution in [3.63, 3.8) is 0 Å². The number of hydrogen-bond donors (Lipinski definition) is 2. The van der Waals surface area contributed by atoms with Gasteiger partial charge >= 0.3 is 0 Å². The first kappa shape index (κ1) is 15.5. The molecule has 0 fully saturated rings. The van der Waals surface area contributed by atoms with Crippen LogP contribution in [-0.2, 0) is 16.1 Å². The van der Waals surface area contributed by atoms with Crippen molar-refractivity contribution < 1.29 is 9.53 Å². The second kappa shape index (κ2) is 7.24. The molecule has 2 rings (SSSR count). The molecular formula is C16H17BrN2O2. The Bertz CT molecular complexity index is 631. The lowest BCUT2D eigenvalue weighted by Crippen LogP contribution is -2.28. The standard InChI is InChI=1S/C16H17BrN2O2/c1-11(21-10-12-6-2-3-7-13(12)17)16(20)19-15-9-5-4-8-14(15)18/h2-9,11H,10,18H2,1H3,(H,19,20). The number of amides is 1. The molecule has 0 heterocycles. The van der Waals surface area contributed by atoms with E-state index in [1.54, 1.807) is 19.1 Å². The number of nitrogens with two attached hydrogens (primary N) is 1. The minimum Gasteiger partial charge on any atom is -0.397 e. The molecule has 0 spiro atoms. The highest BCUT2D eigenvalue weighted by molar-refractivity contribution is 9.10. The van der Waals surface area contributed by atoms with Gasteiger partial charge in [-0.1, -0.05) is 46.3 Å². The number of nitrogens with one attached hydrogen (secondary N) is 1. The van der Waals surface area contributed by atoms with Crippen LogP contribution < -0.4 is 11.1 Å². The summed E-state index contributed by atoms with van der Waals surface area (Å²) >= 11 is 3.45. The average Bonchev–Trinajstić information content (AvgIpc) is 2.48. The van der Waals surface area contributed by atoms with Crippen LogP contribution in [0.1, 0.15) is 12.5 Å². The van der Waals surface area contributed by atoms with E-state index in [1.165, 1.54) is 0 Å². The van der Waals surface area contributed by atoms with Crippen LogP contribution in [0.15, 0.2) is 53.0 Å². The number of nitrogen functional groups attached to an aromatic ring is 1. The lowest BCUT2D eigenvalue weighted by atomic mass is 10.2. The summed E-state index contributed by atoms with van der Waals surface area (Å²) < 4.78 is 6.56. The fourth-order valence-electron chi connectivity index (χ4n) is 1.75. The maximum absolute atomic E-state index is 12.1. The van der Waals surface area contributed by atoms with Gasteiger partial charge < -0.3 is 15.8 Å². The van der Waals surface area contributed by atoms with E-state index in [4.69, 9.17) is 10.5 Å². The zero-order valence-corrected chi connectivity index (χ0v) is 13.3. The second-order valence-electron chi connectivity index (χ2n) is 4.62. The molecule has 0 saturated heterocycles. The molecule has 2 aromatic carbocycles. The summed E-state index contributed by atoms with van der Waals surface area (Å²) in [5.41, 5.74) is 7.92. The molecule has 110 valence electrons. The molecule has 0 aliphatic heterocycles. The van der Waals surface area contributed by atoms with Gasteiger partial charge in [-0.3, -0.25) is 4.79 Å². The Morgan fingerprint density at radius 2 is 1.90 bits per heavy atom. The fourth-order valence-corrected chi connectivity index (χ4v) is 2.15. The highest BCUT2D eigenvalue weighted by Gasteiger charge is 2.15. The Morgan fingerprint density at radius 1 is 1.24 bits per heavy atom. The number of rotatable bonds is 5. The molecule has 1 unspecified atom stereocenters. The van der Waals surface area contributed by atoms with Gasteiger partial charge in [-0.25, -0.2) is 0 Å². The molecule has 2 aromatic rings. The fraction of sp³-hybridized carbons (Fsp3) is 0.188. The normalized spacial score (nSPS) is 11.9. The van der Waals surface area contributed by atoms with E-state index in [0.717, 1.165) is 10.0 Å². The highest BCUT2D eigenvalue weighted by Crippen LogP contribution is 2.19. The zero-order chi connectivity index (χ0) is 15.2. The van der Waals surface area contributed by atoms with Crippen molar-refractivity contribution in [2.45, 2.75) is 19.6 Å². The molecule has 1 amide bonds. The molecule has 5 heteroatoms. The number of carbonyl (C=O) groups excluding carboxylic acids is 1. The summed E-state index contributed by atoms with van der Waals surface area (Å²) in [5.74, 6) is -0.222. The Hall–Kier alpha value is -1.85. The van der Waals surface area contributed by atoms with E-state index in [2.05, 4.69) is 21.2 Å². The molecule has 0 aliphatic rings. The van der Waals surface area contributed by atoms with Crippen molar-refractivity contribution in [3.05, 3.63) is 58.6 Å². The van der Waals surface area contributed by atoms with Crippen molar-refractivity contribution in [2.75, 3.05) is 11.1 Å². The summed E-state index contributed by atoms with van der Waals surface area (Å²) in [6.07, 6.45) is -0.572. The van der Waals surface area contributed by atoms with Gasteiger partial charge in [0.05, 0.1) is 18.0 Å². The predicted octanol–water partition coefficient (Wildman–Crippen LogP) is 3.58. The monoisotopic (exact) mass is 348 g/mol. The van der Waals surface area contributed by atoms with Crippen molar-refractivity contribution in [3.8, 4) is 0 Å². The molecule has 0 aliphatic carbocycles. The number of benzene rings is 2. The van der Waals surface area contributed by atoms with E-state index >= 15 is 0 Å². The van der Waals surface area contributed by atoms with Crippen molar-refractivity contribution in [2.24, 2.45) is 0 Å². The minimum atomic E-state index is -0.572. The first-order valence-corrected chi connectivity index (χ1v) is 7.37. The van der Waals surface area contributed by atoms with Crippen molar-refractivity contribution in [1.29, 1.82) is 0 Å². The highest BCUT2D eigenvalue weighted by atomic mass is 79.9. The summed E-state index contributed by atoms with van der Waals surface area (Å²) in [7, 11) is 0. The Kier molecular flexibility index (Phi) is 5.36. The minimum absolute atomic E-state index is 0.222. The van der Waals surface area contributed by atoms with Gasteiger partial charge in [0.2, 0.25) is 0 Å². The van der Waals surface area contributed by atoms with Gasteiger partial charge in [-0.2, -0.15) is 0 Å². The van der Waals surface area contributed by atoms with Gasteiger partial charge in [0.1, 0.15) is 6.10 Å². The van der Waals surface area contributed by atoms with Gasteiger partial charge in [0.25, 0.3) is 5.91 Å². The maximum atomic E-state index is 12.1. The van der Waals surface area contributed by atoms with Crippen LogP contribution in [0.3, 0.4) is 0 Å². The van der Waals surface area contributed by atoms with Gasteiger partial charge in [-0.05, 0) is 30.7 Å². The largest absolute Gasteiger partial charge is 0.397 e. The van der Waals surface area contributed by atoms with Gasteiger partial charge in [0.15, 0.2) is 0 Å². The first-order chi connectivity index (χ1) is 10.1. The number of halogens is 1.